The largest absolute Gasteiger partial charge is 0.271 e. The lowest BCUT2D eigenvalue weighted by Crippen LogP contribution is -2.30. The summed E-state index contributed by atoms with van der Waals surface area (Å²) in [6, 6.07) is 6.17. The van der Waals surface area contributed by atoms with Crippen LogP contribution in [0.1, 0.15) is 37.3 Å². The van der Waals surface area contributed by atoms with E-state index in [2.05, 4.69) is 34.5 Å². The fourth-order valence-corrected chi connectivity index (χ4v) is 2.52. The highest BCUT2D eigenvalue weighted by Gasteiger charge is 2.19. The summed E-state index contributed by atoms with van der Waals surface area (Å²) in [5, 5.41) is 8.62. The first-order chi connectivity index (χ1) is 10.2. The number of hydrogen-bond donors (Lipinski definition) is 2. The summed E-state index contributed by atoms with van der Waals surface area (Å²) >= 11 is 0. The first kappa shape index (κ1) is 13.7. The summed E-state index contributed by atoms with van der Waals surface area (Å²) in [5.74, 6) is 6.66. The highest BCUT2D eigenvalue weighted by Crippen LogP contribution is 2.22. The van der Waals surface area contributed by atoms with Crippen molar-refractivity contribution < 1.29 is 0 Å². The van der Waals surface area contributed by atoms with Gasteiger partial charge in [-0.15, -0.1) is 0 Å². The van der Waals surface area contributed by atoms with Crippen molar-refractivity contribution in [3.63, 3.8) is 0 Å². The van der Waals surface area contributed by atoms with Gasteiger partial charge in [0.05, 0.1) is 17.8 Å². The van der Waals surface area contributed by atoms with Crippen molar-refractivity contribution >= 4 is 5.52 Å². The maximum atomic E-state index is 5.75. The van der Waals surface area contributed by atoms with Crippen LogP contribution in [0.3, 0.4) is 0 Å². The average Bonchev–Trinajstić information content (AvgIpc) is 3.11. The molecule has 3 heterocycles. The molecule has 3 aromatic rings. The summed E-state index contributed by atoms with van der Waals surface area (Å²) in [6.45, 7) is 4.16. The SMILES string of the molecule is CC(C)n1ncnc1CC(NN)c1cnn2ccccc12. The molecule has 3 aromatic heterocycles. The molecule has 21 heavy (non-hydrogen) atoms. The van der Waals surface area contributed by atoms with E-state index >= 15 is 0 Å². The fraction of sp³-hybridized carbons (Fsp3) is 0.357. The van der Waals surface area contributed by atoms with Crippen molar-refractivity contribution in [2.75, 3.05) is 0 Å². The van der Waals surface area contributed by atoms with Gasteiger partial charge in [-0.25, -0.2) is 14.2 Å². The zero-order valence-corrected chi connectivity index (χ0v) is 12.1. The van der Waals surface area contributed by atoms with Gasteiger partial charge in [-0.1, -0.05) is 6.07 Å². The number of hydrazine groups is 1. The highest BCUT2D eigenvalue weighted by molar-refractivity contribution is 5.54. The third-order valence-corrected chi connectivity index (χ3v) is 3.56. The van der Waals surface area contributed by atoms with E-state index in [9.17, 15) is 0 Å². The van der Waals surface area contributed by atoms with E-state index in [1.54, 1.807) is 6.33 Å². The Hall–Kier alpha value is -2.25. The Kier molecular flexibility index (Phi) is 3.68. The average molecular weight is 285 g/mol. The van der Waals surface area contributed by atoms with Crippen LogP contribution in [-0.4, -0.2) is 24.4 Å². The van der Waals surface area contributed by atoms with E-state index in [0.29, 0.717) is 6.42 Å². The number of aromatic nitrogens is 5. The predicted octanol–water partition coefficient (Wildman–Crippen LogP) is 1.25. The normalized spacial score (nSPS) is 13.1. The van der Waals surface area contributed by atoms with Crippen LogP contribution in [0.5, 0.6) is 0 Å². The molecule has 1 unspecified atom stereocenters. The van der Waals surface area contributed by atoms with Crippen LogP contribution in [0.2, 0.25) is 0 Å². The summed E-state index contributed by atoms with van der Waals surface area (Å²) in [6.07, 6.45) is 6.00. The number of rotatable bonds is 5. The van der Waals surface area contributed by atoms with Crippen molar-refractivity contribution in [3.05, 3.63) is 48.3 Å². The van der Waals surface area contributed by atoms with Gasteiger partial charge in [0.15, 0.2) is 0 Å². The minimum absolute atomic E-state index is 0.0633. The molecule has 7 nitrogen and oxygen atoms in total. The zero-order chi connectivity index (χ0) is 14.8. The maximum absolute atomic E-state index is 5.75. The molecule has 110 valence electrons. The van der Waals surface area contributed by atoms with Crippen LogP contribution in [-0.2, 0) is 6.42 Å². The Labute approximate surface area is 122 Å². The topological polar surface area (TPSA) is 86.1 Å². The van der Waals surface area contributed by atoms with Gasteiger partial charge >= 0.3 is 0 Å². The molecule has 3 rings (SSSR count). The van der Waals surface area contributed by atoms with Crippen LogP contribution in [0.15, 0.2) is 36.9 Å². The maximum Gasteiger partial charge on any atom is 0.138 e. The van der Waals surface area contributed by atoms with E-state index in [-0.39, 0.29) is 12.1 Å². The van der Waals surface area contributed by atoms with Gasteiger partial charge in [0.25, 0.3) is 0 Å². The van der Waals surface area contributed by atoms with Gasteiger partial charge < -0.3 is 0 Å². The number of nitrogens with two attached hydrogens (primary N) is 1. The molecule has 0 radical (unpaired) electrons. The molecule has 0 amide bonds. The molecule has 0 saturated carbocycles. The monoisotopic (exact) mass is 285 g/mol. The Bertz CT molecular complexity index is 728. The van der Waals surface area contributed by atoms with Gasteiger partial charge in [-0.2, -0.15) is 10.2 Å². The molecule has 0 aliphatic rings. The molecular formula is C14H19N7. The van der Waals surface area contributed by atoms with Crippen molar-refractivity contribution in [2.45, 2.75) is 32.4 Å². The summed E-state index contributed by atoms with van der Waals surface area (Å²) in [7, 11) is 0. The number of hydrogen-bond acceptors (Lipinski definition) is 5. The molecule has 0 aromatic carbocycles. The third kappa shape index (κ3) is 2.53. The van der Waals surface area contributed by atoms with E-state index in [1.807, 2.05) is 39.8 Å². The van der Waals surface area contributed by atoms with Crippen molar-refractivity contribution in [1.82, 2.24) is 29.8 Å². The van der Waals surface area contributed by atoms with Crippen molar-refractivity contribution in [2.24, 2.45) is 5.84 Å². The van der Waals surface area contributed by atoms with Gasteiger partial charge in [-0.3, -0.25) is 11.3 Å². The summed E-state index contributed by atoms with van der Waals surface area (Å²) in [4.78, 5) is 4.34. The van der Waals surface area contributed by atoms with Crippen LogP contribution in [0.4, 0.5) is 0 Å². The lowest BCUT2D eigenvalue weighted by Gasteiger charge is -2.16. The number of pyridine rings is 1. The minimum Gasteiger partial charge on any atom is -0.271 e. The lowest BCUT2D eigenvalue weighted by molar-refractivity contribution is 0.469. The second kappa shape index (κ2) is 5.63. The van der Waals surface area contributed by atoms with Gasteiger partial charge in [-0.05, 0) is 26.0 Å². The van der Waals surface area contributed by atoms with Crippen molar-refractivity contribution in [1.29, 1.82) is 0 Å². The Morgan fingerprint density at radius 1 is 1.29 bits per heavy atom. The fourth-order valence-electron chi connectivity index (χ4n) is 2.52. The zero-order valence-electron chi connectivity index (χ0n) is 12.1. The molecule has 0 aliphatic carbocycles. The molecule has 1 atom stereocenters. The van der Waals surface area contributed by atoms with E-state index in [0.717, 1.165) is 16.9 Å². The minimum atomic E-state index is -0.0633. The lowest BCUT2D eigenvalue weighted by atomic mass is 10.1. The molecule has 7 heteroatoms. The standard InChI is InChI=1S/C14H19N7/c1-10(2)21-14(16-9-18-21)7-12(19-15)11-8-17-20-6-4-3-5-13(11)20/h3-6,8-10,12,19H,7,15H2,1-2H3. The Morgan fingerprint density at radius 2 is 2.14 bits per heavy atom. The third-order valence-electron chi connectivity index (χ3n) is 3.56. The first-order valence-electron chi connectivity index (χ1n) is 6.97. The molecule has 0 bridgehead atoms. The Morgan fingerprint density at radius 3 is 2.90 bits per heavy atom. The van der Waals surface area contributed by atoms with E-state index < -0.39 is 0 Å². The Balaban J connectivity index is 1.93. The predicted molar refractivity (Wildman–Crippen MR) is 79.4 cm³/mol. The highest BCUT2D eigenvalue weighted by atomic mass is 15.3. The molecular weight excluding hydrogens is 266 g/mol. The van der Waals surface area contributed by atoms with E-state index in [4.69, 9.17) is 5.84 Å². The second-order valence-electron chi connectivity index (χ2n) is 5.27. The number of fused-ring (bicyclic) bond motifs is 1. The number of nitrogens with zero attached hydrogens (tertiary/aromatic N) is 5. The molecule has 3 N–H and O–H groups in total. The molecule has 0 aliphatic heterocycles. The van der Waals surface area contributed by atoms with Crippen LogP contribution >= 0.6 is 0 Å². The van der Waals surface area contributed by atoms with E-state index in [1.165, 1.54) is 0 Å². The summed E-state index contributed by atoms with van der Waals surface area (Å²) < 4.78 is 3.75. The second-order valence-corrected chi connectivity index (χ2v) is 5.27. The molecule has 0 fully saturated rings. The smallest absolute Gasteiger partial charge is 0.138 e. The van der Waals surface area contributed by atoms with Gasteiger partial charge in [0.1, 0.15) is 12.2 Å². The quantitative estimate of drug-likeness (QED) is 0.544. The van der Waals surface area contributed by atoms with Crippen LogP contribution in [0, 0.1) is 0 Å². The van der Waals surface area contributed by atoms with Crippen LogP contribution < -0.4 is 11.3 Å². The molecule has 0 spiro atoms. The van der Waals surface area contributed by atoms with Gasteiger partial charge in [0.2, 0.25) is 0 Å². The first-order valence-corrected chi connectivity index (χ1v) is 6.97. The van der Waals surface area contributed by atoms with Gasteiger partial charge in [0, 0.05) is 24.2 Å². The van der Waals surface area contributed by atoms with Crippen molar-refractivity contribution in [3.8, 4) is 0 Å². The number of nitrogens with one attached hydrogen (secondary N) is 1. The van der Waals surface area contributed by atoms with Crippen LogP contribution in [0.25, 0.3) is 5.52 Å². The summed E-state index contributed by atoms with van der Waals surface area (Å²) in [5.41, 5.74) is 4.96. The molecule has 0 saturated heterocycles.